The molecular formula is C22H19Cl2N3O3S2. The lowest BCUT2D eigenvalue weighted by Gasteiger charge is -2.19. The maximum atomic E-state index is 12.8. The minimum absolute atomic E-state index is 0.0756. The van der Waals surface area contributed by atoms with E-state index in [0.717, 1.165) is 0 Å². The standard InChI is InChI=1S/C22H19Cl2N3O3S2/c1-3-11-27(12-4-2)32(29,30)17-8-5-15(6-9-17)21(28)26-22-25-20(14-31-22)18-10-7-16(23)13-19(18)24/h3-10,13-14H,1-2,11-12H2,(H,25,26,28). The summed E-state index contributed by atoms with van der Waals surface area (Å²) in [7, 11) is -3.73. The van der Waals surface area contributed by atoms with E-state index in [2.05, 4.69) is 23.5 Å². The van der Waals surface area contributed by atoms with Crippen LogP contribution in [0, 0.1) is 0 Å². The first-order valence-corrected chi connectivity index (χ1v) is 12.4. The third-order valence-corrected chi connectivity index (χ3v) is 7.50. The number of nitrogens with zero attached hydrogens (tertiary/aromatic N) is 2. The first kappa shape index (κ1) is 24.2. The van der Waals surface area contributed by atoms with Crippen molar-refractivity contribution in [3.63, 3.8) is 0 Å². The van der Waals surface area contributed by atoms with Gasteiger partial charge in [-0.1, -0.05) is 35.4 Å². The van der Waals surface area contributed by atoms with E-state index in [1.54, 1.807) is 23.6 Å². The van der Waals surface area contributed by atoms with Crippen molar-refractivity contribution < 1.29 is 13.2 Å². The van der Waals surface area contributed by atoms with Crippen LogP contribution in [0.2, 0.25) is 10.0 Å². The number of anilines is 1. The number of sulfonamides is 1. The predicted molar refractivity (Wildman–Crippen MR) is 131 cm³/mol. The second kappa shape index (κ2) is 10.4. The van der Waals surface area contributed by atoms with Crippen molar-refractivity contribution in [2.24, 2.45) is 0 Å². The van der Waals surface area contributed by atoms with Crippen molar-refractivity contribution in [2.75, 3.05) is 18.4 Å². The molecule has 6 nitrogen and oxygen atoms in total. The van der Waals surface area contributed by atoms with E-state index in [1.807, 2.05) is 0 Å². The maximum absolute atomic E-state index is 12.8. The van der Waals surface area contributed by atoms with E-state index in [9.17, 15) is 13.2 Å². The van der Waals surface area contributed by atoms with Crippen LogP contribution >= 0.6 is 34.5 Å². The quantitative estimate of drug-likeness (QED) is 0.375. The van der Waals surface area contributed by atoms with E-state index in [-0.39, 0.29) is 18.0 Å². The second-order valence-electron chi connectivity index (χ2n) is 6.54. The lowest BCUT2D eigenvalue weighted by atomic mass is 10.2. The molecule has 0 radical (unpaired) electrons. The third kappa shape index (κ3) is 5.46. The van der Waals surface area contributed by atoms with Gasteiger partial charge in [-0.05, 0) is 42.5 Å². The fraction of sp³-hybridized carbons (Fsp3) is 0.0909. The Morgan fingerprint density at radius 2 is 1.75 bits per heavy atom. The smallest absolute Gasteiger partial charge is 0.257 e. The van der Waals surface area contributed by atoms with E-state index >= 15 is 0 Å². The normalized spacial score (nSPS) is 11.3. The van der Waals surface area contributed by atoms with Crippen LogP contribution in [0.3, 0.4) is 0 Å². The summed E-state index contributed by atoms with van der Waals surface area (Å²) >= 11 is 13.4. The summed E-state index contributed by atoms with van der Waals surface area (Å²) in [5.74, 6) is -0.411. The molecule has 0 atom stereocenters. The van der Waals surface area contributed by atoms with Crippen LogP contribution in [0.1, 0.15) is 10.4 Å². The summed E-state index contributed by atoms with van der Waals surface area (Å²) in [5.41, 5.74) is 1.60. The molecule has 166 valence electrons. The minimum atomic E-state index is -3.73. The Kier molecular flexibility index (Phi) is 7.86. The third-order valence-electron chi connectivity index (χ3n) is 4.35. The highest BCUT2D eigenvalue weighted by molar-refractivity contribution is 7.89. The molecule has 0 unspecified atom stereocenters. The highest BCUT2D eigenvalue weighted by Gasteiger charge is 2.22. The number of benzene rings is 2. The lowest BCUT2D eigenvalue weighted by molar-refractivity contribution is 0.102. The van der Waals surface area contributed by atoms with Crippen LogP contribution in [0.4, 0.5) is 5.13 Å². The molecule has 0 aliphatic rings. The van der Waals surface area contributed by atoms with Crippen molar-refractivity contribution >= 4 is 55.6 Å². The number of halogens is 2. The van der Waals surface area contributed by atoms with Gasteiger partial charge in [0.25, 0.3) is 5.91 Å². The highest BCUT2D eigenvalue weighted by atomic mass is 35.5. The molecule has 1 amide bonds. The fourth-order valence-corrected chi connectivity index (χ4v) is 5.40. The molecule has 10 heteroatoms. The molecule has 0 bridgehead atoms. The molecule has 3 aromatic rings. The molecular weight excluding hydrogens is 489 g/mol. The summed E-state index contributed by atoms with van der Waals surface area (Å²) in [6.45, 7) is 7.48. The number of hydrogen-bond donors (Lipinski definition) is 1. The van der Waals surface area contributed by atoms with Crippen molar-refractivity contribution in [2.45, 2.75) is 4.90 Å². The Labute approximate surface area is 200 Å². The maximum Gasteiger partial charge on any atom is 0.257 e. The molecule has 0 aliphatic carbocycles. The Bertz CT molecular complexity index is 1250. The summed E-state index contributed by atoms with van der Waals surface area (Å²) in [5, 5.41) is 5.85. The monoisotopic (exact) mass is 507 g/mol. The lowest BCUT2D eigenvalue weighted by Crippen LogP contribution is -2.31. The number of nitrogens with one attached hydrogen (secondary N) is 1. The summed E-state index contributed by atoms with van der Waals surface area (Å²) < 4.78 is 26.8. The minimum Gasteiger partial charge on any atom is -0.298 e. The van der Waals surface area contributed by atoms with Gasteiger partial charge < -0.3 is 0 Å². The van der Waals surface area contributed by atoms with Gasteiger partial charge in [0.05, 0.1) is 15.6 Å². The molecule has 1 heterocycles. The average Bonchev–Trinajstić information content (AvgIpc) is 3.21. The molecule has 3 rings (SSSR count). The zero-order valence-corrected chi connectivity index (χ0v) is 19.9. The Hall–Kier alpha value is -2.49. The van der Waals surface area contributed by atoms with Crippen LogP contribution in [-0.4, -0.2) is 36.7 Å². The molecule has 0 spiro atoms. The molecule has 0 aliphatic heterocycles. The zero-order valence-electron chi connectivity index (χ0n) is 16.8. The number of rotatable bonds is 9. The average molecular weight is 508 g/mol. The largest absolute Gasteiger partial charge is 0.298 e. The van der Waals surface area contributed by atoms with Gasteiger partial charge in [0, 0.05) is 34.6 Å². The van der Waals surface area contributed by atoms with Crippen molar-refractivity contribution in [3.05, 3.63) is 88.8 Å². The zero-order chi connectivity index (χ0) is 23.3. The molecule has 32 heavy (non-hydrogen) atoms. The van der Waals surface area contributed by atoms with E-state index in [4.69, 9.17) is 23.2 Å². The first-order valence-electron chi connectivity index (χ1n) is 9.30. The molecule has 2 aromatic carbocycles. The van der Waals surface area contributed by atoms with Crippen LogP contribution in [0.5, 0.6) is 0 Å². The number of hydrogen-bond acceptors (Lipinski definition) is 5. The topological polar surface area (TPSA) is 79.4 Å². The number of carbonyl (C=O) groups is 1. The fourth-order valence-electron chi connectivity index (χ4n) is 2.81. The van der Waals surface area contributed by atoms with Gasteiger partial charge in [-0.25, -0.2) is 13.4 Å². The second-order valence-corrected chi connectivity index (χ2v) is 10.2. The summed E-state index contributed by atoms with van der Waals surface area (Å²) in [6, 6.07) is 10.8. The Balaban J connectivity index is 1.75. The number of carbonyl (C=O) groups excluding carboxylic acids is 1. The first-order chi connectivity index (χ1) is 15.3. The van der Waals surface area contributed by atoms with Gasteiger partial charge in [-0.3, -0.25) is 10.1 Å². The van der Waals surface area contributed by atoms with E-state index < -0.39 is 15.9 Å². The number of aromatic nitrogens is 1. The van der Waals surface area contributed by atoms with Crippen LogP contribution < -0.4 is 5.32 Å². The van der Waals surface area contributed by atoms with Gasteiger partial charge in [0.1, 0.15) is 0 Å². The van der Waals surface area contributed by atoms with Crippen LogP contribution in [0.25, 0.3) is 11.3 Å². The predicted octanol–water partition coefficient (Wildman–Crippen LogP) is 5.73. The molecule has 1 N–H and O–H groups in total. The van der Waals surface area contributed by atoms with Gasteiger partial charge in [0.15, 0.2) is 5.13 Å². The van der Waals surface area contributed by atoms with Gasteiger partial charge >= 0.3 is 0 Å². The van der Waals surface area contributed by atoms with Gasteiger partial charge in [-0.15, -0.1) is 24.5 Å². The van der Waals surface area contributed by atoms with E-state index in [1.165, 1.54) is 52.1 Å². The SMILES string of the molecule is C=CCN(CC=C)S(=O)(=O)c1ccc(C(=O)Nc2nc(-c3ccc(Cl)cc3Cl)cs2)cc1. The van der Waals surface area contributed by atoms with Crippen molar-refractivity contribution in [1.29, 1.82) is 0 Å². The Morgan fingerprint density at radius 3 is 2.34 bits per heavy atom. The molecule has 0 saturated heterocycles. The van der Waals surface area contributed by atoms with Crippen molar-refractivity contribution in [1.82, 2.24) is 9.29 Å². The summed E-state index contributed by atoms with van der Waals surface area (Å²) in [6.07, 6.45) is 3.00. The summed E-state index contributed by atoms with van der Waals surface area (Å²) in [4.78, 5) is 17.1. The highest BCUT2D eigenvalue weighted by Crippen LogP contribution is 2.32. The number of amides is 1. The van der Waals surface area contributed by atoms with Crippen LogP contribution in [0.15, 0.2) is 78.1 Å². The molecule has 0 fully saturated rings. The van der Waals surface area contributed by atoms with Gasteiger partial charge in [0.2, 0.25) is 10.0 Å². The van der Waals surface area contributed by atoms with Crippen LogP contribution in [-0.2, 0) is 10.0 Å². The van der Waals surface area contributed by atoms with Crippen molar-refractivity contribution in [3.8, 4) is 11.3 Å². The van der Waals surface area contributed by atoms with Gasteiger partial charge in [-0.2, -0.15) is 4.31 Å². The van der Waals surface area contributed by atoms with E-state index in [0.29, 0.717) is 32.0 Å². The molecule has 1 aromatic heterocycles. The Morgan fingerprint density at radius 1 is 1.09 bits per heavy atom. The molecule has 0 saturated carbocycles. The number of thiazole rings is 1.